The fourth-order valence-corrected chi connectivity index (χ4v) is 0.271. The number of allylic oxidation sites excluding steroid dienone is 1. The molecule has 0 bridgehead atoms. The molecule has 0 heterocycles. The van der Waals surface area contributed by atoms with Gasteiger partial charge in [0, 0.05) is 18.3 Å². The van der Waals surface area contributed by atoms with Gasteiger partial charge in [-0.1, -0.05) is 11.6 Å². The molecule has 0 saturated carbocycles. The molecular weight excluding hydrogens is 124 g/mol. The lowest BCUT2D eigenvalue weighted by Gasteiger charge is -1.80. The van der Waals surface area contributed by atoms with E-state index >= 15 is 0 Å². The van der Waals surface area contributed by atoms with Crippen LogP contribution in [0.2, 0.25) is 0 Å². The van der Waals surface area contributed by atoms with Crippen LogP contribution in [0.25, 0.3) is 0 Å². The molecule has 0 rings (SSSR count). The fourth-order valence-electron chi connectivity index (χ4n) is 0.215. The van der Waals surface area contributed by atoms with E-state index in [1.54, 1.807) is 26.5 Å². The molecule has 0 aromatic heterocycles. The maximum absolute atomic E-state index is 5.43. The topological polar surface area (TPSA) is 24.4 Å². The summed E-state index contributed by atoms with van der Waals surface area (Å²) < 4.78 is 0. The molecule has 0 unspecified atom stereocenters. The van der Waals surface area contributed by atoms with Gasteiger partial charge in [-0.25, -0.2) is 4.99 Å². The van der Waals surface area contributed by atoms with Crippen LogP contribution in [0.1, 0.15) is 6.92 Å². The molecule has 3 heteroatoms. The van der Waals surface area contributed by atoms with Crippen LogP contribution in [-0.2, 0) is 0 Å². The Hall–Kier alpha value is -0.500. The van der Waals surface area contributed by atoms with Crippen molar-refractivity contribution in [3.63, 3.8) is 0 Å². The summed E-state index contributed by atoms with van der Waals surface area (Å²) in [5, 5.41) is 3.41. The first-order valence-electron chi connectivity index (χ1n) is 2.28. The van der Waals surface area contributed by atoms with Gasteiger partial charge in [0.15, 0.2) is 0 Å². The standard InChI is InChI=1S/C5H9ClN2/c1-5(6)3-8-4-7-2/h3-4H,1-2H3,(H,7,8)/b5-3+. The number of rotatable bonds is 2. The van der Waals surface area contributed by atoms with Gasteiger partial charge in [-0.2, -0.15) is 0 Å². The molecule has 0 radical (unpaired) electrons. The van der Waals surface area contributed by atoms with Gasteiger partial charge in [0.2, 0.25) is 0 Å². The van der Waals surface area contributed by atoms with Gasteiger partial charge < -0.3 is 5.32 Å². The third-order valence-electron chi connectivity index (χ3n) is 0.456. The summed E-state index contributed by atoms with van der Waals surface area (Å²) in [7, 11) is 1.78. The molecule has 0 aromatic rings. The van der Waals surface area contributed by atoms with E-state index in [0.717, 1.165) is 0 Å². The average molecular weight is 133 g/mol. The molecule has 1 N–H and O–H groups in total. The lowest BCUT2D eigenvalue weighted by molar-refractivity contribution is 1.20. The first kappa shape index (κ1) is 7.50. The largest absolute Gasteiger partial charge is 0.379 e. The minimum absolute atomic E-state index is 0.677. The first-order valence-corrected chi connectivity index (χ1v) is 2.66. The Bertz CT molecular complexity index is 103. The van der Waals surface area contributed by atoms with Crippen LogP contribution in [0.15, 0.2) is 16.2 Å². The number of aliphatic imine (C=N–C) groups is 1. The molecule has 0 aliphatic rings. The third kappa shape index (κ3) is 5.50. The predicted molar refractivity (Wildman–Crippen MR) is 37.2 cm³/mol. The average Bonchev–Trinajstić information content (AvgIpc) is 1.66. The van der Waals surface area contributed by atoms with Gasteiger partial charge in [-0.05, 0) is 6.92 Å². The molecule has 0 atom stereocenters. The first-order chi connectivity index (χ1) is 3.77. The lowest BCUT2D eigenvalue weighted by atomic mass is 10.7. The molecule has 0 aliphatic heterocycles. The summed E-state index contributed by atoms with van der Waals surface area (Å²) in [5.74, 6) is 0. The SMILES string of the molecule is CN/C=N\C=C(/C)Cl. The molecule has 8 heavy (non-hydrogen) atoms. The van der Waals surface area contributed by atoms with Crippen molar-refractivity contribution in [2.75, 3.05) is 7.05 Å². The summed E-state index contributed by atoms with van der Waals surface area (Å²) in [5.41, 5.74) is 0. The van der Waals surface area contributed by atoms with E-state index < -0.39 is 0 Å². The molecule has 0 aromatic carbocycles. The number of halogens is 1. The Morgan fingerprint density at radius 1 is 1.75 bits per heavy atom. The second-order valence-corrected chi connectivity index (χ2v) is 1.88. The highest BCUT2D eigenvalue weighted by Crippen LogP contribution is 1.95. The van der Waals surface area contributed by atoms with Crippen molar-refractivity contribution in [3.05, 3.63) is 11.2 Å². The zero-order chi connectivity index (χ0) is 6.41. The van der Waals surface area contributed by atoms with Crippen molar-refractivity contribution >= 4 is 17.9 Å². The number of nitrogens with zero attached hydrogens (tertiary/aromatic N) is 1. The van der Waals surface area contributed by atoms with Crippen LogP contribution in [0.3, 0.4) is 0 Å². The number of hydrogen-bond acceptors (Lipinski definition) is 1. The third-order valence-corrected chi connectivity index (χ3v) is 0.554. The molecule has 0 fully saturated rings. The summed E-state index contributed by atoms with van der Waals surface area (Å²) in [4.78, 5) is 3.76. The van der Waals surface area contributed by atoms with E-state index in [0.29, 0.717) is 5.03 Å². The van der Waals surface area contributed by atoms with Gasteiger partial charge in [0.1, 0.15) is 0 Å². The molecule has 0 aliphatic carbocycles. The second-order valence-electron chi connectivity index (χ2n) is 1.28. The van der Waals surface area contributed by atoms with Crippen molar-refractivity contribution in [2.45, 2.75) is 6.92 Å². The highest BCUT2D eigenvalue weighted by molar-refractivity contribution is 6.29. The maximum Gasteiger partial charge on any atom is 0.0876 e. The van der Waals surface area contributed by atoms with Crippen LogP contribution in [0, 0.1) is 0 Å². The minimum atomic E-state index is 0.677. The van der Waals surface area contributed by atoms with Crippen LogP contribution >= 0.6 is 11.6 Å². The zero-order valence-electron chi connectivity index (χ0n) is 4.98. The smallest absolute Gasteiger partial charge is 0.0876 e. The Labute approximate surface area is 54.3 Å². The van der Waals surface area contributed by atoms with Crippen LogP contribution in [0.5, 0.6) is 0 Å². The summed E-state index contributed by atoms with van der Waals surface area (Å²) in [6.07, 6.45) is 3.13. The Kier molecular flexibility index (Phi) is 4.36. The van der Waals surface area contributed by atoms with Gasteiger partial charge in [-0.3, -0.25) is 0 Å². The van der Waals surface area contributed by atoms with Crippen molar-refractivity contribution in [3.8, 4) is 0 Å². The normalized spacial score (nSPS) is 12.6. The number of nitrogens with one attached hydrogen (secondary N) is 1. The van der Waals surface area contributed by atoms with Crippen molar-refractivity contribution in [1.29, 1.82) is 0 Å². The highest BCUT2D eigenvalue weighted by Gasteiger charge is 1.70. The molecule has 46 valence electrons. The van der Waals surface area contributed by atoms with Gasteiger partial charge in [0.25, 0.3) is 0 Å². The maximum atomic E-state index is 5.43. The van der Waals surface area contributed by atoms with E-state index in [2.05, 4.69) is 10.3 Å². The van der Waals surface area contributed by atoms with E-state index in [1.807, 2.05) is 0 Å². The highest BCUT2D eigenvalue weighted by atomic mass is 35.5. The number of hydrogen-bond donors (Lipinski definition) is 1. The predicted octanol–water partition coefficient (Wildman–Crippen LogP) is 1.33. The summed E-state index contributed by atoms with van der Waals surface area (Å²) in [6, 6.07) is 0. The summed E-state index contributed by atoms with van der Waals surface area (Å²) >= 11 is 5.43. The summed E-state index contributed by atoms with van der Waals surface area (Å²) in [6.45, 7) is 1.77. The van der Waals surface area contributed by atoms with Crippen LogP contribution < -0.4 is 5.32 Å². The Morgan fingerprint density at radius 2 is 2.38 bits per heavy atom. The van der Waals surface area contributed by atoms with Crippen molar-refractivity contribution < 1.29 is 0 Å². The lowest BCUT2D eigenvalue weighted by Crippen LogP contribution is -1.99. The Morgan fingerprint density at radius 3 is 2.75 bits per heavy atom. The minimum Gasteiger partial charge on any atom is -0.379 e. The molecule has 0 amide bonds. The van der Waals surface area contributed by atoms with E-state index in [-0.39, 0.29) is 0 Å². The van der Waals surface area contributed by atoms with Crippen molar-refractivity contribution in [1.82, 2.24) is 5.32 Å². The quantitative estimate of drug-likeness (QED) is 0.445. The molecule has 2 nitrogen and oxygen atoms in total. The monoisotopic (exact) mass is 132 g/mol. The van der Waals surface area contributed by atoms with Gasteiger partial charge >= 0.3 is 0 Å². The van der Waals surface area contributed by atoms with Crippen LogP contribution in [0.4, 0.5) is 0 Å². The van der Waals surface area contributed by atoms with E-state index in [9.17, 15) is 0 Å². The van der Waals surface area contributed by atoms with E-state index in [4.69, 9.17) is 11.6 Å². The molecular formula is C5H9ClN2. The van der Waals surface area contributed by atoms with Gasteiger partial charge in [-0.15, -0.1) is 0 Å². The van der Waals surface area contributed by atoms with Gasteiger partial charge in [0.05, 0.1) is 6.34 Å². The zero-order valence-corrected chi connectivity index (χ0v) is 5.74. The molecule has 0 saturated heterocycles. The van der Waals surface area contributed by atoms with Crippen LogP contribution in [-0.4, -0.2) is 13.4 Å². The molecule has 0 spiro atoms. The second kappa shape index (κ2) is 4.65. The van der Waals surface area contributed by atoms with E-state index in [1.165, 1.54) is 0 Å². The van der Waals surface area contributed by atoms with Crippen molar-refractivity contribution in [2.24, 2.45) is 4.99 Å². The fraction of sp³-hybridized carbons (Fsp3) is 0.400. The Balaban J connectivity index is 3.42.